The van der Waals surface area contributed by atoms with Gasteiger partial charge in [0.2, 0.25) is 11.9 Å². The van der Waals surface area contributed by atoms with Crippen LogP contribution in [0.15, 0.2) is 65.4 Å². The first-order valence-electron chi connectivity index (χ1n) is 10.7. The maximum Gasteiger partial charge on any atom is 0.289 e. The van der Waals surface area contributed by atoms with Gasteiger partial charge in [-0.25, -0.2) is 4.98 Å². The highest BCUT2D eigenvalue weighted by molar-refractivity contribution is 5.96. The van der Waals surface area contributed by atoms with E-state index in [1.54, 1.807) is 23.1 Å². The summed E-state index contributed by atoms with van der Waals surface area (Å²) in [5.74, 6) is -0.138. The first kappa shape index (κ1) is 20.4. The molecule has 0 saturated carbocycles. The smallest absolute Gasteiger partial charge is 0.289 e. The second-order valence-electron chi connectivity index (χ2n) is 8.08. The van der Waals surface area contributed by atoms with Gasteiger partial charge in [-0.3, -0.25) is 14.5 Å². The Morgan fingerprint density at radius 3 is 2.41 bits per heavy atom. The summed E-state index contributed by atoms with van der Waals surface area (Å²) in [5, 5.41) is 0. The lowest BCUT2D eigenvalue weighted by atomic mass is 10.1. The fraction of sp³-hybridized carbons (Fsp3) is 0.292. The van der Waals surface area contributed by atoms with E-state index in [-0.39, 0.29) is 17.9 Å². The summed E-state index contributed by atoms with van der Waals surface area (Å²) >= 11 is 0. The molecule has 0 N–H and O–H groups in total. The van der Waals surface area contributed by atoms with Crippen molar-refractivity contribution in [3.8, 4) is 11.1 Å². The van der Waals surface area contributed by atoms with Crippen LogP contribution in [-0.2, 0) is 4.79 Å². The number of carbonyl (C=O) groups is 2. The van der Waals surface area contributed by atoms with E-state index in [4.69, 9.17) is 4.42 Å². The van der Waals surface area contributed by atoms with E-state index < -0.39 is 5.95 Å². The van der Waals surface area contributed by atoms with Gasteiger partial charge >= 0.3 is 0 Å². The molecule has 1 atom stereocenters. The molecule has 2 fully saturated rings. The first-order chi connectivity index (χ1) is 15.6. The van der Waals surface area contributed by atoms with Gasteiger partial charge < -0.3 is 14.2 Å². The molecule has 2 aromatic heterocycles. The zero-order valence-electron chi connectivity index (χ0n) is 17.5. The van der Waals surface area contributed by atoms with Crippen LogP contribution in [0.5, 0.6) is 0 Å². The number of amides is 2. The fourth-order valence-corrected chi connectivity index (χ4v) is 4.41. The van der Waals surface area contributed by atoms with Crippen molar-refractivity contribution in [3.63, 3.8) is 0 Å². The van der Waals surface area contributed by atoms with Gasteiger partial charge in [-0.2, -0.15) is 4.39 Å². The lowest BCUT2D eigenvalue weighted by Crippen LogP contribution is -2.52. The first-order valence-corrected chi connectivity index (χ1v) is 10.7. The Kier molecular flexibility index (Phi) is 5.45. The van der Waals surface area contributed by atoms with Crippen LogP contribution < -0.4 is 4.90 Å². The van der Waals surface area contributed by atoms with Crippen molar-refractivity contribution in [1.82, 2.24) is 14.8 Å². The van der Waals surface area contributed by atoms with E-state index >= 15 is 0 Å². The monoisotopic (exact) mass is 434 g/mol. The molecule has 2 aliphatic heterocycles. The van der Waals surface area contributed by atoms with Gasteiger partial charge in [-0.1, -0.05) is 12.1 Å². The molecule has 2 aliphatic rings. The van der Waals surface area contributed by atoms with Gasteiger partial charge in [-0.05, 0) is 42.0 Å². The second-order valence-corrected chi connectivity index (χ2v) is 8.08. The molecule has 2 amide bonds. The van der Waals surface area contributed by atoms with E-state index in [0.29, 0.717) is 31.8 Å². The van der Waals surface area contributed by atoms with Crippen molar-refractivity contribution in [1.29, 1.82) is 0 Å². The predicted octanol–water partition coefficient (Wildman–Crippen LogP) is 3.04. The standard InChI is InChI=1S/C24H23FN4O3/c25-22-8-5-18(15-26-22)17-3-6-19(7-4-17)29-16-20(14-23(29)30)27-9-11-28(12-10-27)24(31)21-2-1-13-32-21/h1-8,13,15,20H,9-12,14,16H2. The number of anilines is 1. The minimum absolute atomic E-state index is 0.0878. The van der Waals surface area contributed by atoms with Crippen LogP contribution in [0, 0.1) is 5.95 Å². The lowest BCUT2D eigenvalue weighted by Gasteiger charge is -2.37. The Hall–Kier alpha value is -3.52. The average Bonchev–Trinajstić information content (AvgIpc) is 3.50. The number of hydrogen-bond donors (Lipinski definition) is 0. The highest BCUT2D eigenvalue weighted by Gasteiger charge is 2.36. The molecule has 1 unspecified atom stereocenters. The van der Waals surface area contributed by atoms with Crippen LogP contribution in [0.3, 0.4) is 0 Å². The Morgan fingerprint density at radius 2 is 1.75 bits per heavy atom. The molecule has 4 heterocycles. The zero-order valence-corrected chi connectivity index (χ0v) is 17.5. The number of hydrogen-bond acceptors (Lipinski definition) is 5. The van der Waals surface area contributed by atoms with Crippen LogP contribution in [0.1, 0.15) is 17.0 Å². The third-order valence-corrected chi connectivity index (χ3v) is 6.19. The third kappa shape index (κ3) is 4.01. The Balaban J connectivity index is 1.20. The van der Waals surface area contributed by atoms with Gasteiger partial charge in [0.15, 0.2) is 5.76 Å². The summed E-state index contributed by atoms with van der Waals surface area (Å²) in [5.41, 5.74) is 2.59. The SMILES string of the molecule is O=C(c1ccco1)N1CCN(C2CC(=O)N(c3ccc(-c4ccc(F)nc4)cc3)C2)CC1. The maximum atomic E-state index is 13.0. The second kappa shape index (κ2) is 8.55. The third-order valence-electron chi connectivity index (χ3n) is 6.19. The number of aromatic nitrogens is 1. The molecule has 1 aromatic carbocycles. The van der Waals surface area contributed by atoms with Gasteiger partial charge in [0.1, 0.15) is 0 Å². The number of benzene rings is 1. The average molecular weight is 434 g/mol. The largest absolute Gasteiger partial charge is 0.459 e. The van der Waals surface area contributed by atoms with E-state index in [1.165, 1.54) is 18.5 Å². The number of rotatable bonds is 4. The summed E-state index contributed by atoms with van der Waals surface area (Å²) in [6.45, 7) is 3.32. The summed E-state index contributed by atoms with van der Waals surface area (Å²) in [6, 6.07) is 14.2. The van der Waals surface area contributed by atoms with E-state index in [9.17, 15) is 14.0 Å². The molecule has 32 heavy (non-hydrogen) atoms. The summed E-state index contributed by atoms with van der Waals surface area (Å²) in [4.78, 5) is 34.8. The quantitative estimate of drug-likeness (QED) is 0.591. The van der Waals surface area contributed by atoms with Crippen LogP contribution in [0.25, 0.3) is 11.1 Å². The minimum atomic E-state index is -0.509. The molecule has 5 rings (SSSR count). The Bertz CT molecular complexity index is 1090. The molecule has 8 heteroatoms. The molecule has 0 radical (unpaired) electrons. The van der Waals surface area contributed by atoms with Gasteiger partial charge in [-0.15, -0.1) is 0 Å². The highest BCUT2D eigenvalue weighted by atomic mass is 19.1. The van der Waals surface area contributed by atoms with Gasteiger partial charge in [0.25, 0.3) is 5.91 Å². The molecule has 0 spiro atoms. The van der Waals surface area contributed by atoms with Crippen molar-refractivity contribution < 1.29 is 18.4 Å². The molecule has 2 saturated heterocycles. The zero-order chi connectivity index (χ0) is 22.1. The van der Waals surface area contributed by atoms with Crippen LogP contribution >= 0.6 is 0 Å². The molecule has 7 nitrogen and oxygen atoms in total. The summed E-state index contributed by atoms with van der Waals surface area (Å²) < 4.78 is 18.3. The Labute approximate surface area is 185 Å². The van der Waals surface area contributed by atoms with Crippen molar-refractivity contribution in [3.05, 3.63) is 72.7 Å². The fourth-order valence-electron chi connectivity index (χ4n) is 4.41. The number of pyridine rings is 1. The minimum Gasteiger partial charge on any atom is -0.459 e. The van der Waals surface area contributed by atoms with Crippen molar-refractivity contribution in [2.75, 3.05) is 37.6 Å². The molecular formula is C24H23FN4O3. The topological polar surface area (TPSA) is 69.9 Å². The van der Waals surface area contributed by atoms with Gasteiger partial charge in [0.05, 0.1) is 6.26 Å². The molecule has 0 aliphatic carbocycles. The summed E-state index contributed by atoms with van der Waals surface area (Å²) in [6.07, 6.45) is 3.47. The van der Waals surface area contributed by atoms with Crippen molar-refractivity contribution >= 4 is 17.5 Å². The molecule has 3 aromatic rings. The van der Waals surface area contributed by atoms with E-state index in [2.05, 4.69) is 9.88 Å². The van der Waals surface area contributed by atoms with Crippen molar-refractivity contribution in [2.45, 2.75) is 12.5 Å². The van der Waals surface area contributed by atoms with Crippen LogP contribution in [0.2, 0.25) is 0 Å². The molecule has 164 valence electrons. The predicted molar refractivity (Wildman–Crippen MR) is 117 cm³/mol. The van der Waals surface area contributed by atoms with Crippen LogP contribution in [-0.4, -0.2) is 65.4 Å². The number of piperazine rings is 1. The Morgan fingerprint density at radius 1 is 1.00 bits per heavy atom. The highest BCUT2D eigenvalue weighted by Crippen LogP contribution is 2.28. The summed E-state index contributed by atoms with van der Waals surface area (Å²) in [7, 11) is 0. The molecule has 0 bridgehead atoms. The molecular weight excluding hydrogens is 411 g/mol. The number of halogens is 1. The van der Waals surface area contributed by atoms with Crippen molar-refractivity contribution in [2.24, 2.45) is 0 Å². The van der Waals surface area contributed by atoms with E-state index in [1.807, 2.05) is 29.2 Å². The van der Waals surface area contributed by atoms with Gasteiger partial charge in [0, 0.05) is 62.6 Å². The number of carbonyl (C=O) groups excluding carboxylic acids is 2. The number of furan rings is 1. The van der Waals surface area contributed by atoms with Crippen LogP contribution in [0.4, 0.5) is 10.1 Å². The normalized spacial score (nSPS) is 19.5. The maximum absolute atomic E-state index is 13.0. The van der Waals surface area contributed by atoms with E-state index in [0.717, 1.165) is 29.9 Å². The number of nitrogens with zero attached hydrogens (tertiary/aromatic N) is 4. The lowest BCUT2D eigenvalue weighted by molar-refractivity contribution is -0.117.